The minimum Gasteiger partial charge on any atom is -0.493 e. The number of amides is 1. The van der Waals surface area contributed by atoms with Gasteiger partial charge in [-0.1, -0.05) is 13.8 Å². The molecule has 0 aliphatic rings. The molecule has 0 spiro atoms. The lowest BCUT2D eigenvalue weighted by Crippen LogP contribution is -2.43. The van der Waals surface area contributed by atoms with Crippen molar-refractivity contribution >= 4 is 28.4 Å². The number of allylic oxidation sites excluding steroid dienone is 1. The van der Waals surface area contributed by atoms with Crippen molar-refractivity contribution in [3.8, 4) is 5.75 Å². The zero-order valence-corrected chi connectivity index (χ0v) is 15.8. The highest BCUT2D eigenvalue weighted by molar-refractivity contribution is 5.98. The third kappa shape index (κ3) is 4.25. The Morgan fingerprint density at radius 3 is 2.62 bits per heavy atom. The number of carboxylic acid groups (broad SMARTS) is 1. The molecule has 1 amide bonds. The molecule has 0 aliphatic heterocycles. The average molecular weight is 359 g/mol. The standard InChI is InChI=1S/C20H25NO5/c1-6-25-16-9-17-15(13(5)10-26-17)8-14(16)12(4)7-18(22)21-19(11(2)3)20(23)24/h7-11,19H,6H2,1-5H3,(H,21,22)(H,23,24)/b12-7+. The van der Waals surface area contributed by atoms with Crippen molar-refractivity contribution in [1.82, 2.24) is 5.32 Å². The molecule has 2 aromatic rings. The Morgan fingerprint density at radius 2 is 2.04 bits per heavy atom. The summed E-state index contributed by atoms with van der Waals surface area (Å²) in [4.78, 5) is 23.5. The lowest BCUT2D eigenvalue weighted by atomic mass is 10.0. The van der Waals surface area contributed by atoms with Crippen LogP contribution in [0, 0.1) is 12.8 Å². The first-order chi connectivity index (χ1) is 12.2. The molecule has 1 aromatic carbocycles. The highest BCUT2D eigenvalue weighted by Crippen LogP contribution is 2.33. The lowest BCUT2D eigenvalue weighted by molar-refractivity contribution is -0.142. The molecule has 0 saturated heterocycles. The van der Waals surface area contributed by atoms with E-state index in [1.807, 2.05) is 26.0 Å². The predicted molar refractivity (Wildman–Crippen MR) is 100 cm³/mol. The summed E-state index contributed by atoms with van der Waals surface area (Å²) in [6, 6.07) is 2.80. The Bertz CT molecular complexity index is 847. The largest absolute Gasteiger partial charge is 0.493 e. The first-order valence-electron chi connectivity index (χ1n) is 8.61. The van der Waals surface area contributed by atoms with Gasteiger partial charge in [-0.25, -0.2) is 4.79 Å². The average Bonchev–Trinajstić information content (AvgIpc) is 2.92. The number of hydrogen-bond donors (Lipinski definition) is 2. The number of rotatable bonds is 7. The summed E-state index contributed by atoms with van der Waals surface area (Å²) in [6.45, 7) is 9.60. The minimum atomic E-state index is -1.05. The summed E-state index contributed by atoms with van der Waals surface area (Å²) in [6.07, 6.45) is 3.08. The molecule has 2 rings (SSSR count). The normalized spacial score (nSPS) is 13.1. The first-order valence-corrected chi connectivity index (χ1v) is 8.61. The number of nitrogens with one attached hydrogen (secondary N) is 1. The van der Waals surface area contributed by atoms with E-state index in [-0.39, 0.29) is 5.92 Å². The summed E-state index contributed by atoms with van der Waals surface area (Å²) in [5.41, 5.74) is 3.17. The molecule has 1 heterocycles. The number of benzene rings is 1. The summed E-state index contributed by atoms with van der Waals surface area (Å²) in [5.74, 6) is -1.09. The smallest absolute Gasteiger partial charge is 0.326 e. The van der Waals surface area contributed by atoms with Crippen LogP contribution in [0.4, 0.5) is 0 Å². The third-order valence-electron chi connectivity index (χ3n) is 4.17. The maximum absolute atomic E-state index is 12.3. The Morgan fingerprint density at radius 1 is 1.35 bits per heavy atom. The number of hydrogen-bond acceptors (Lipinski definition) is 4. The molecule has 0 saturated carbocycles. The van der Waals surface area contributed by atoms with E-state index >= 15 is 0 Å². The number of aliphatic carboxylic acids is 1. The monoisotopic (exact) mass is 359 g/mol. The van der Waals surface area contributed by atoms with E-state index in [1.165, 1.54) is 6.08 Å². The molecule has 6 nitrogen and oxygen atoms in total. The molecule has 0 bridgehead atoms. The zero-order valence-electron chi connectivity index (χ0n) is 15.8. The topological polar surface area (TPSA) is 88.8 Å². The van der Waals surface area contributed by atoms with E-state index in [0.29, 0.717) is 17.9 Å². The van der Waals surface area contributed by atoms with E-state index in [9.17, 15) is 14.7 Å². The van der Waals surface area contributed by atoms with Gasteiger partial charge in [0.2, 0.25) is 5.91 Å². The van der Waals surface area contributed by atoms with Crippen LogP contribution in [0.1, 0.15) is 38.8 Å². The van der Waals surface area contributed by atoms with Gasteiger partial charge in [-0.05, 0) is 43.9 Å². The highest BCUT2D eigenvalue weighted by atomic mass is 16.5. The fourth-order valence-electron chi connectivity index (χ4n) is 2.75. The van der Waals surface area contributed by atoms with Crippen LogP contribution in [0.3, 0.4) is 0 Å². The van der Waals surface area contributed by atoms with Crippen molar-refractivity contribution in [1.29, 1.82) is 0 Å². The van der Waals surface area contributed by atoms with E-state index in [1.54, 1.807) is 27.0 Å². The van der Waals surface area contributed by atoms with Crippen molar-refractivity contribution in [2.75, 3.05) is 6.61 Å². The van der Waals surface area contributed by atoms with Gasteiger partial charge >= 0.3 is 5.97 Å². The first kappa shape index (κ1) is 19.6. The van der Waals surface area contributed by atoms with Gasteiger partial charge in [-0.15, -0.1) is 0 Å². The van der Waals surface area contributed by atoms with Crippen LogP contribution >= 0.6 is 0 Å². The molecule has 0 fully saturated rings. The third-order valence-corrected chi connectivity index (χ3v) is 4.17. The Hall–Kier alpha value is -2.76. The molecule has 1 aromatic heterocycles. The number of carbonyl (C=O) groups excluding carboxylic acids is 1. The highest BCUT2D eigenvalue weighted by Gasteiger charge is 2.23. The Labute approximate surface area is 152 Å². The zero-order chi connectivity index (χ0) is 19.4. The molecule has 26 heavy (non-hydrogen) atoms. The second-order valence-electron chi connectivity index (χ2n) is 6.59. The molecule has 2 N–H and O–H groups in total. The van der Waals surface area contributed by atoms with Gasteiger partial charge in [0.05, 0.1) is 12.9 Å². The van der Waals surface area contributed by atoms with Gasteiger partial charge in [0.15, 0.2) is 0 Å². The van der Waals surface area contributed by atoms with Gasteiger partial charge in [0.1, 0.15) is 17.4 Å². The molecular weight excluding hydrogens is 334 g/mol. The van der Waals surface area contributed by atoms with E-state index < -0.39 is 17.9 Å². The number of carboxylic acids is 1. The van der Waals surface area contributed by atoms with Gasteiger partial charge < -0.3 is 19.6 Å². The second kappa shape index (κ2) is 8.08. The van der Waals surface area contributed by atoms with Crippen LogP contribution in [0.5, 0.6) is 5.75 Å². The van der Waals surface area contributed by atoms with Crippen molar-refractivity contribution in [2.24, 2.45) is 5.92 Å². The predicted octanol–water partition coefficient (Wildman–Crippen LogP) is 3.77. The van der Waals surface area contributed by atoms with Gasteiger partial charge in [0, 0.05) is 23.1 Å². The molecule has 0 aliphatic carbocycles. The van der Waals surface area contributed by atoms with Gasteiger partial charge in [-0.3, -0.25) is 4.79 Å². The van der Waals surface area contributed by atoms with Crippen molar-refractivity contribution in [3.63, 3.8) is 0 Å². The molecule has 1 atom stereocenters. The van der Waals surface area contributed by atoms with E-state index in [2.05, 4.69) is 5.32 Å². The van der Waals surface area contributed by atoms with Crippen molar-refractivity contribution < 1.29 is 23.8 Å². The van der Waals surface area contributed by atoms with Gasteiger partial charge in [0.25, 0.3) is 0 Å². The number of aryl methyl sites for hydroxylation is 1. The number of fused-ring (bicyclic) bond motifs is 1. The molecule has 1 unspecified atom stereocenters. The van der Waals surface area contributed by atoms with Crippen LogP contribution < -0.4 is 10.1 Å². The number of carbonyl (C=O) groups is 2. The van der Waals surface area contributed by atoms with Crippen LogP contribution in [-0.4, -0.2) is 29.6 Å². The van der Waals surface area contributed by atoms with E-state index in [4.69, 9.17) is 9.15 Å². The number of furan rings is 1. The minimum absolute atomic E-state index is 0.214. The molecule has 140 valence electrons. The fourth-order valence-corrected chi connectivity index (χ4v) is 2.75. The molecule has 0 radical (unpaired) electrons. The van der Waals surface area contributed by atoms with Crippen LogP contribution in [0.2, 0.25) is 0 Å². The van der Waals surface area contributed by atoms with Crippen molar-refractivity contribution in [2.45, 2.75) is 40.7 Å². The maximum Gasteiger partial charge on any atom is 0.326 e. The SMILES string of the molecule is CCOc1cc2occ(C)c2cc1/C(C)=C/C(=O)NC(C(=O)O)C(C)C. The molecular formula is C20H25NO5. The van der Waals surface area contributed by atoms with E-state index in [0.717, 1.165) is 22.1 Å². The molecule has 6 heteroatoms. The van der Waals surface area contributed by atoms with Crippen LogP contribution in [0.15, 0.2) is 28.9 Å². The number of ether oxygens (including phenoxy) is 1. The van der Waals surface area contributed by atoms with Crippen LogP contribution in [-0.2, 0) is 9.59 Å². The van der Waals surface area contributed by atoms with Gasteiger partial charge in [-0.2, -0.15) is 0 Å². The summed E-state index contributed by atoms with van der Waals surface area (Å²) < 4.78 is 11.2. The van der Waals surface area contributed by atoms with Crippen molar-refractivity contribution in [3.05, 3.63) is 35.6 Å². The Balaban J connectivity index is 2.37. The van der Waals surface area contributed by atoms with Crippen LogP contribution in [0.25, 0.3) is 16.5 Å². The summed E-state index contributed by atoms with van der Waals surface area (Å²) in [5, 5.41) is 12.7. The summed E-state index contributed by atoms with van der Waals surface area (Å²) in [7, 11) is 0. The summed E-state index contributed by atoms with van der Waals surface area (Å²) >= 11 is 0. The maximum atomic E-state index is 12.3. The lowest BCUT2D eigenvalue weighted by Gasteiger charge is -2.17. The second-order valence-corrected chi connectivity index (χ2v) is 6.59. The fraction of sp³-hybridized carbons (Fsp3) is 0.400. The quantitative estimate of drug-likeness (QED) is 0.735. The Kier molecular flexibility index (Phi) is 6.08.